The summed E-state index contributed by atoms with van der Waals surface area (Å²) in [4.78, 5) is 4.85. The van der Waals surface area contributed by atoms with Crippen LogP contribution in [0.25, 0.3) is 0 Å². The van der Waals surface area contributed by atoms with Gasteiger partial charge in [-0.3, -0.25) is 0 Å². The van der Waals surface area contributed by atoms with Gasteiger partial charge < -0.3 is 15.1 Å². The summed E-state index contributed by atoms with van der Waals surface area (Å²) >= 11 is 0. The van der Waals surface area contributed by atoms with Crippen molar-refractivity contribution in [3.8, 4) is 0 Å². The van der Waals surface area contributed by atoms with Crippen molar-refractivity contribution in [3.63, 3.8) is 0 Å². The Morgan fingerprint density at radius 3 is 2.38 bits per heavy atom. The van der Waals surface area contributed by atoms with Crippen molar-refractivity contribution in [1.82, 2.24) is 10.2 Å². The SMILES string of the molecule is CC(C)NCc1ccc(N(C)CC2CCN(C)CC2)cc1. The van der Waals surface area contributed by atoms with E-state index in [0.717, 1.165) is 12.5 Å². The summed E-state index contributed by atoms with van der Waals surface area (Å²) in [5, 5.41) is 3.46. The molecule has 1 aliphatic heterocycles. The van der Waals surface area contributed by atoms with Gasteiger partial charge in [0, 0.05) is 31.9 Å². The second kappa shape index (κ2) is 7.81. The van der Waals surface area contributed by atoms with Crippen LogP contribution in [0.3, 0.4) is 0 Å². The Kier molecular flexibility index (Phi) is 6.07. The molecule has 3 nitrogen and oxygen atoms in total. The molecule has 2 rings (SSSR count). The van der Waals surface area contributed by atoms with Gasteiger partial charge in [-0.1, -0.05) is 26.0 Å². The third-order valence-corrected chi connectivity index (χ3v) is 4.46. The molecule has 0 aliphatic carbocycles. The molecular formula is C18H31N3. The highest BCUT2D eigenvalue weighted by molar-refractivity contribution is 5.46. The van der Waals surface area contributed by atoms with Crippen molar-refractivity contribution in [1.29, 1.82) is 0 Å². The highest BCUT2D eigenvalue weighted by atomic mass is 15.1. The van der Waals surface area contributed by atoms with Crippen molar-refractivity contribution in [2.24, 2.45) is 5.92 Å². The van der Waals surface area contributed by atoms with Crippen LogP contribution in [0.5, 0.6) is 0 Å². The predicted octanol–water partition coefficient (Wildman–Crippen LogP) is 2.96. The van der Waals surface area contributed by atoms with Crippen LogP contribution in [0.1, 0.15) is 32.3 Å². The Morgan fingerprint density at radius 2 is 1.81 bits per heavy atom. The predicted molar refractivity (Wildman–Crippen MR) is 91.9 cm³/mol. The smallest absolute Gasteiger partial charge is 0.0363 e. The fourth-order valence-corrected chi connectivity index (χ4v) is 2.93. The molecule has 1 fully saturated rings. The molecule has 0 aromatic heterocycles. The fourth-order valence-electron chi connectivity index (χ4n) is 2.93. The quantitative estimate of drug-likeness (QED) is 0.868. The molecule has 0 radical (unpaired) electrons. The molecule has 1 N–H and O–H groups in total. The Hall–Kier alpha value is -1.06. The van der Waals surface area contributed by atoms with E-state index in [1.54, 1.807) is 0 Å². The molecule has 1 heterocycles. The minimum Gasteiger partial charge on any atom is -0.374 e. The van der Waals surface area contributed by atoms with E-state index in [1.165, 1.54) is 43.7 Å². The Labute approximate surface area is 130 Å². The van der Waals surface area contributed by atoms with Gasteiger partial charge in [-0.15, -0.1) is 0 Å². The van der Waals surface area contributed by atoms with E-state index < -0.39 is 0 Å². The van der Waals surface area contributed by atoms with Crippen LogP contribution in [0.2, 0.25) is 0 Å². The minimum atomic E-state index is 0.539. The van der Waals surface area contributed by atoms with Crippen molar-refractivity contribution >= 4 is 5.69 Å². The van der Waals surface area contributed by atoms with E-state index >= 15 is 0 Å². The Balaban J connectivity index is 1.83. The molecule has 0 unspecified atom stereocenters. The first-order valence-electron chi connectivity index (χ1n) is 8.26. The van der Waals surface area contributed by atoms with Gasteiger partial charge in [-0.2, -0.15) is 0 Å². The van der Waals surface area contributed by atoms with Crippen LogP contribution >= 0.6 is 0 Å². The first-order valence-corrected chi connectivity index (χ1v) is 8.26. The number of piperidine rings is 1. The zero-order valence-corrected chi connectivity index (χ0v) is 14.1. The molecule has 0 spiro atoms. The summed E-state index contributed by atoms with van der Waals surface area (Å²) in [5.41, 5.74) is 2.70. The molecule has 118 valence electrons. The monoisotopic (exact) mass is 289 g/mol. The molecule has 1 aliphatic rings. The van der Waals surface area contributed by atoms with Crippen LogP contribution < -0.4 is 10.2 Å². The fraction of sp³-hybridized carbons (Fsp3) is 0.667. The van der Waals surface area contributed by atoms with Crippen LogP contribution in [0.15, 0.2) is 24.3 Å². The molecule has 21 heavy (non-hydrogen) atoms. The lowest BCUT2D eigenvalue weighted by molar-refractivity contribution is 0.222. The highest BCUT2D eigenvalue weighted by Crippen LogP contribution is 2.21. The molecule has 0 amide bonds. The van der Waals surface area contributed by atoms with E-state index in [1.807, 2.05) is 0 Å². The third kappa shape index (κ3) is 5.33. The maximum atomic E-state index is 3.46. The number of benzene rings is 1. The summed E-state index contributed by atoms with van der Waals surface area (Å²) in [7, 11) is 4.45. The zero-order valence-electron chi connectivity index (χ0n) is 14.1. The molecule has 0 atom stereocenters. The minimum absolute atomic E-state index is 0.539. The maximum Gasteiger partial charge on any atom is 0.0363 e. The third-order valence-electron chi connectivity index (χ3n) is 4.46. The summed E-state index contributed by atoms with van der Waals surface area (Å²) in [5.74, 6) is 0.841. The van der Waals surface area contributed by atoms with Crippen LogP contribution in [0.4, 0.5) is 5.69 Å². The maximum absolute atomic E-state index is 3.46. The van der Waals surface area contributed by atoms with Crippen molar-refractivity contribution < 1.29 is 0 Å². The normalized spacial score (nSPS) is 17.4. The van der Waals surface area contributed by atoms with Crippen LogP contribution in [0, 0.1) is 5.92 Å². The summed E-state index contributed by atoms with van der Waals surface area (Å²) < 4.78 is 0. The molecule has 1 saturated heterocycles. The average molecular weight is 289 g/mol. The summed E-state index contributed by atoms with van der Waals surface area (Å²) in [6.45, 7) is 9.00. The van der Waals surface area contributed by atoms with Crippen molar-refractivity contribution in [3.05, 3.63) is 29.8 Å². The highest BCUT2D eigenvalue weighted by Gasteiger charge is 2.18. The molecule has 3 heteroatoms. The first-order chi connectivity index (χ1) is 10.0. The van der Waals surface area contributed by atoms with E-state index in [0.29, 0.717) is 6.04 Å². The van der Waals surface area contributed by atoms with Crippen molar-refractivity contribution in [2.75, 3.05) is 38.6 Å². The molecule has 0 saturated carbocycles. The van der Waals surface area contributed by atoms with Gasteiger partial charge in [0.15, 0.2) is 0 Å². The summed E-state index contributed by atoms with van der Waals surface area (Å²) in [6.07, 6.45) is 2.66. The lowest BCUT2D eigenvalue weighted by atomic mass is 9.96. The lowest BCUT2D eigenvalue weighted by Gasteiger charge is -2.32. The Morgan fingerprint density at radius 1 is 1.19 bits per heavy atom. The van der Waals surface area contributed by atoms with E-state index in [2.05, 4.69) is 67.3 Å². The number of hydrogen-bond acceptors (Lipinski definition) is 3. The number of likely N-dealkylation sites (tertiary alicyclic amines) is 1. The van der Waals surface area contributed by atoms with Gasteiger partial charge in [-0.05, 0) is 56.6 Å². The number of hydrogen-bond donors (Lipinski definition) is 1. The van der Waals surface area contributed by atoms with Gasteiger partial charge >= 0.3 is 0 Å². The Bertz CT molecular complexity index is 405. The van der Waals surface area contributed by atoms with Crippen LogP contribution in [-0.4, -0.2) is 44.7 Å². The van der Waals surface area contributed by atoms with Gasteiger partial charge in [0.05, 0.1) is 0 Å². The molecule has 1 aromatic carbocycles. The van der Waals surface area contributed by atoms with Gasteiger partial charge in [-0.25, -0.2) is 0 Å². The van der Waals surface area contributed by atoms with E-state index in [4.69, 9.17) is 0 Å². The molecule has 1 aromatic rings. The number of anilines is 1. The van der Waals surface area contributed by atoms with Gasteiger partial charge in [0.25, 0.3) is 0 Å². The second-order valence-corrected chi connectivity index (χ2v) is 6.83. The molecular weight excluding hydrogens is 258 g/mol. The molecule has 0 bridgehead atoms. The van der Waals surface area contributed by atoms with E-state index in [-0.39, 0.29) is 0 Å². The van der Waals surface area contributed by atoms with E-state index in [9.17, 15) is 0 Å². The van der Waals surface area contributed by atoms with Gasteiger partial charge in [0.1, 0.15) is 0 Å². The largest absolute Gasteiger partial charge is 0.374 e. The van der Waals surface area contributed by atoms with Crippen LogP contribution in [-0.2, 0) is 6.54 Å². The first kappa shape index (κ1) is 16.3. The topological polar surface area (TPSA) is 18.5 Å². The zero-order chi connectivity index (χ0) is 15.2. The number of nitrogens with one attached hydrogen (secondary N) is 1. The number of nitrogens with zero attached hydrogens (tertiary/aromatic N) is 2. The second-order valence-electron chi connectivity index (χ2n) is 6.83. The summed E-state index contributed by atoms with van der Waals surface area (Å²) in [6, 6.07) is 9.54. The number of rotatable bonds is 6. The van der Waals surface area contributed by atoms with Gasteiger partial charge in [0.2, 0.25) is 0 Å². The lowest BCUT2D eigenvalue weighted by Crippen LogP contribution is -2.35. The van der Waals surface area contributed by atoms with Crippen molar-refractivity contribution in [2.45, 2.75) is 39.3 Å². The average Bonchev–Trinajstić information content (AvgIpc) is 2.48. The standard InChI is InChI=1S/C18H31N3/c1-15(2)19-13-16-5-7-18(8-6-16)21(4)14-17-9-11-20(3)12-10-17/h5-8,15,17,19H,9-14H2,1-4H3.